The first-order chi connectivity index (χ1) is 13.3. The van der Waals surface area contributed by atoms with Gasteiger partial charge in [0.15, 0.2) is 0 Å². The Bertz CT molecular complexity index is 940. The molecule has 0 radical (unpaired) electrons. The van der Waals surface area contributed by atoms with E-state index in [1.165, 1.54) is 31.4 Å². The summed E-state index contributed by atoms with van der Waals surface area (Å²) in [5, 5.41) is 17.6. The molecule has 0 bridgehead atoms. The number of hydrazone groups is 1. The van der Waals surface area contributed by atoms with Gasteiger partial charge in [-0.3, -0.25) is 19.7 Å². The molecule has 0 atom stereocenters. The molecule has 2 amide bonds. The Morgan fingerprint density at radius 1 is 1.21 bits per heavy atom. The minimum Gasteiger partial charge on any atom is -0.495 e. The van der Waals surface area contributed by atoms with Crippen LogP contribution in [0.5, 0.6) is 5.75 Å². The number of para-hydroxylation sites is 1. The molecule has 2 aromatic rings. The number of hydrogen-bond donors (Lipinski definition) is 2. The number of nitrogens with one attached hydrogen (secondary N) is 2. The zero-order valence-corrected chi connectivity index (χ0v) is 15.7. The third kappa shape index (κ3) is 5.37. The summed E-state index contributed by atoms with van der Waals surface area (Å²) < 4.78 is 5.21. The third-order valence-electron chi connectivity index (χ3n) is 3.74. The number of nitro benzene ring substituents is 1. The van der Waals surface area contributed by atoms with Crippen LogP contribution in [-0.4, -0.2) is 29.6 Å². The van der Waals surface area contributed by atoms with Crippen molar-refractivity contribution in [1.82, 2.24) is 5.43 Å². The SMILES string of the molecule is COc1ccc(C)cc1NC(=O)C/C(C)=N\NC(=O)c1ccccc1[N+](=O)[O-]. The van der Waals surface area contributed by atoms with Crippen molar-refractivity contribution in [2.45, 2.75) is 20.3 Å². The second-order valence-corrected chi connectivity index (χ2v) is 5.99. The molecule has 2 aromatic carbocycles. The maximum absolute atomic E-state index is 12.2. The molecule has 0 aliphatic heterocycles. The average molecular weight is 384 g/mol. The number of benzene rings is 2. The lowest BCUT2D eigenvalue weighted by Crippen LogP contribution is -2.22. The zero-order chi connectivity index (χ0) is 20.7. The molecule has 0 unspecified atom stereocenters. The predicted molar refractivity (Wildman–Crippen MR) is 105 cm³/mol. The van der Waals surface area contributed by atoms with E-state index in [1.54, 1.807) is 19.1 Å². The maximum Gasteiger partial charge on any atom is 0.282 e. The molecule has 0 heterocycles. The number of nitrogens with zero attached hydrogens (tertiary/aromatic N) is 2. The highest BCUT2D eigenvalue weighted by Gasteiger charge is 2.19. The average Bonchev–Trinajstić information content (AvgIpc) is 2.66. The Kier molecular flexibility index (Phi) is 6.80. The number of carbonyl (C=O) groups is 2. The van der Waals surface area contributed by atoms with Crippen LogP contribution >= 0.6 is 0 Å². The molecular formula is C19H20N4O5. The summed E-state index contributed by atoms with van der Waals surface area (Å²) in [7, 11) is 1.51. The van der Waals surface area contributed by atoms with E-state index in [2.05, 4.69) is 15.8 Å². The van der Waals surface area contributed by atoms with Crippen LogP contribution in [0.4, 0.5) is 11.4 Å². The van der Waals surface area contributed by atoms with E-state index >= 15 is 0 Å². The standard InChI is InChI=1S/C19H20N4O5/c1-12-8-9-17(28-3)15(10-12)20-18(24)11-13(2)21-22-19(25)14-6-4-5-7-16(14)23(26)27/h4-10H,11H2,1-3H3,(H,20,24)(H,22,25)/b21-13-. The first-order valence-corrected chi connectivity index (χ1v) is 8.33. The van der Waals surface area contributed by atoms with Gasteiger partial charge in [-0.05, 0) is 37.6 Å². The Morgan fingerprint density at radius 2 is 1.93 bits per heavy atom. The van der Waals surface area contributed by atoms with Crippen molar-refractivity contribution in [1.29, 1.82) is 0 Å². The lowest BCUT2D eigenvalue weighted by molar-refractivity contribution is -0.385. The number of nitro groups is 1. The monoisotopic (exact) mass is 384 g/mol. The number of ether oxygens (including phenoxy) is 1. The van der Waals surface area contributed by atoms with Crippen molar-refractivity contribution in [3.05, 3.63) is 63.7 Å². The first-order valence-electron chi connectivity index (χ1n) is 8.33. The fourth-order valence-electron chi connectivity index (χ4n) is 2.42. The molecule has 0 saturated heterocycles. The molecule has 0 fully saturated rings. The summed E-state index contributed by atoms with van der Waals surface area (Å²) >= 11 is 0. The van der Waals surface area contributed by atoms with Gasteiger partial charge in [0.05, 0.1) is 24.1 Å². The molecule has 0 spiro atoms. The molecule has 0 saturated carbocycles. The quantitative estimate of drug-likeness (QED) is 0.431. The normalized spacial score (nSPS) is 10.9. The number of aryl methyl sites for hydroxylation is 1. The predicted octanol–water partition coefficient (Wildman–Crippen LogP) is 3.05. The van der Waals surface area contributed by atoms with Crippen molar-refractivity contribution >= 4 is 28.9 Å². The van der Waals surface area contributed by atoms with Gasteiger partial charge in [0.25, 0.3) is 11.6 Å². The van der Waals surface area contributed by atoms with Crippen LogP contribution < -0.4 is 15.5 Å². The molecule has 0 aliphatic carbocycles. The van der Waals surface area contributed by atoms with Crippen LogP contribution in [-0.2, 0) is 4.79 Å². The lowest BCUT2D eigenvalue weighted by Gasteiger charge is -2.11. The Hall–Kier alpha value is -3.75. The van der Waals surface area contributed by atoms with Crippen molar-refractivity contribution in [3.63, 3.8) is 0 Å². The highest BCUT2D eigenvalue weighted by atomic mass is 16.6. The number of methoxy groups -OCH3 is 1. The van der Waals surface area contributed by atoms with Crippen LogP contribution in [0.25, 0.3) is 0 Å². The zero-order valence-electron chi connectivity index (χ0n) is 15.7. The summed E-state index contributed by atoms with van der Waals surface area (Å²) in [5.74, 6) is -0.546. The molecular weight excluding hydrogens is 364 g/mol. The van der Waals surface area contributed by atoms with Gasteiger partial charge in [-0.25, -0.2) is 5.43 Å². The Labute approximate surface area is 161 Å². The van der Waals surface area contributed by atoms with Crippen LogP contribution in [0.3, 0.4) is 0 Å². The molecule has 9 nitrogen and oxygen atoms in total. The number of carbonyl (C=O) groups excluding carboxylic acids is 2. The smallest absolute Gasteiger partial charge is 0.282 e. The minimum absolute atomic E-state index is 0.0751. The van der Waals surface area contributed by atoms with Gasteiger partial charge in [-0.15, -0.1) is 0 Å². The van der Waals surface area contributed by atoms with Crippen LogP contribution in [0, 0.1) is 17.0 Å². The van der Waals surface area contributed by atoms with Crippen LogP contribution in [0.2, 0.25) is 0 Å². The van der Waals surface area contributed by atoms with E-state index in [1.807, 2.05) is 13.0 Å². The van der Waals surface area contributed by atoms with Crippen molar-refractivity contribution in [3.8, 4) is 5.75 Å². The van der Waals surface area contributed by atoms with E-state index in [-0.39, 0.29) is 23.6 Å². The van der Waals surface area contributed by atoms with Crippen molar-refractivity contribution in [2.24, 2.45) is 5.10 Å². The lowest BCUT2D eigenvalue weighted by atomic mass is 10.2. The summed E-state index contributed by atoms with van der Waals surface area (Å²) in [5.41, 5.74) is 3.62. The fraction of sp³-hybridized carbons (Fsp3) is 0.211. The van der Waals surface area contributed by atoms with E-state index in [4.69, 9.17) is 4.74 Å². The van der Waals surface area contributed by atoms with Gasteiger partial charge in [0.1, 0.15) is 11.3 Å². The van der Waals surface area contributed by atoms with E-state index in [0.29, 0.717) is 17.1 Å². The Balaban J connectivity index is 2.01. The first kappa shape index (κ1) is 20.6. The highest BCUT2D eigenvalue weighted by Crippen LogP contribution is 2.25. The molecule has 2 N–H and O–H groups in total. The highest BCUT2D eigenvalue weighted by molar-refractivity contribution is 6.06. The van der Waals surface area contributed by atoms with Gasteiger partial charge in [-0.2, -0.15) is 5.10 Å². The number of anilines is 1. The molecule has 0 aliphatic rings. The van der Waals surface area contributed by atoms with Crippen LogP contribution in [0.1, 0.15) is 29.3 Å². The minimum atomic E-state index is -0.729. The molecule has 9 heteroatoms. The Morgan fingerprint density at radius 3 is 2.61 bits per heavy atom. The largest absolute Gasteiger partial charge is 0.495 e. The molecule has 0 aromatic heterocycles. The van der Waals surface area contributed by atoms with E-state index in [0.717, 1.165) is 5.56 Å². The van der Waals surface area contributed by atoms with Crippen molar-refractivity contribution < 1.29 is 19.2 Å². The number of rotatable bonds is 7. The second-order valence-electron chi connectivity index (χ2n) is 5.99. The van der Waals surface area contributed by atoms with Crippen molar-refractivity contribution in [2.75, 3.05) is 12.4 Å². The molecule has 2 rings (SSSR count). The summed E-state index contributed by atoms with van der Waals surface area (Å²) in [6.45, 7) is 3.45. The summed E-state index contributed by atoms with van der Waals surface area (Å²) in [6, 6.07) is 10.9. The van der Waals surface area contributed by atoms with Gasteiger partial charge < -0.3 is 10.1 Å². The second kappa shape index (κ2) is 9.26. The van der Waals surface area contributed by atoms with Gasteiger partial charge in [0, 0.05) is 11.8 Å². The summed E-state index contributed by atoms with van der Waals surface area (Å²) in [6.07, 6.45) is -0.0751. The third-order valence-corrected chi connectivity index (χ3v) is 3.74. The fourth-order valence-corrected chi connectivity index (χ4v) is 2.42. The number of hydrogen-bond acceptors (Lipinski definition) is 6. The maximum atomic E-state index is 12.2. The van der Waals surface area contributed by atoms with E-state index < -0.39 is 10.8 Å². The summed E-state index contributed by atoms with van der Waals surface area (Å²) in [4.78, 5) is 34.7. The number of amides is 2. The topological polar surface area (TPSA) is 123 Å². The van der Waals surface area contributed by atoms with Gasteiger partial charge >= 0.3 is 0 Å². The van der Waals surface area contributed by atoms with Gasteiger partial charge in [0.2, 0.25) is 5.91 Å². The van der Waals surface area contributed by atoms with Crippen LogP contribution in [0.15, 0.2) is 47.6 Å². The molecule has 146 valence electrons. The van der Waals surface area contributed by atoms with Gasteiger partial charge in [-0.1, -0.05) is 18.2 Å². The molecule has 28 heavy (non-hydrogen) atoms. The van der Waals surface area contributed by atoms with E-state index in [9.17, 15) is 19.7 Å².